The number of rotatable bonds is 4. The number of hydrogen-bond donors (Lipinski definition) is 1. The minimum absolute atomic E-state index is 0.179. The Morgan fingerprint density at radius 1 is 1.30 bits per heavy atom. The molecule has 1 atom stereocenters. The van der Waals surface area contributed by atoms with Crippen LogP contribution >= 0.6 is 11.6 Å². The molecule has 5 nitrogen and oxygen atoms in total. The Kier molecular flexibility index (Phi) is 4.00. The molecule has 2 heterocycles. The molecular formula is C14H16ClN3O2. The lowest BCUT2D eigenvalue weighted by Crippen LogP contribution is -2.31. The second-order valence-corrected chi connectivity index (χ2v) is 5.39. The first-order chi connectivity index (χ1) is 9.76. The largest absolute Gasteiger partial charge is 0.419 e. The lowest BCUT2D eigenvalue weighted by Gasteiger charge is -2.20. The summed E-state index contributed by atoms with van der Waals surface area (Å²) in [7, 11) is 0. The molecule has 0 amide bonds. The fourth-order valence-electron chi connectivity index (χ4n) is 2.51. The number of hydrogen-bond acceptors (Lipinski definition) is 5. The third-order valence-corrected chi connectivity index (χ3v) is 3.86. The van der Waals surface area contributed by atoms with Crippen LogP contribution in [0.1, 0.15) is 18.7 Å². The maximum absolute atomic E-state index is 9.30. The van der Waals surface area contributed by atoms with E-state index in [0.717, 1.165) is 24.9 Å². The predicted octanol–water partition coefficient (Wildman–Crippen LogP) is 2.35. The van der Waals surface area contributed by atoms with Crippen LogP contribution in [-0.2, 0) is 6.54 Å². The molecule has 0 spiro atoms. The van der Waals surface area contributed by atoms with Gasteiger partial charge in [-0.25, -0.2) is 0 Å². The quantitative estimate of drug-likeness (QED) is 0.937. The van der Waals surface area contributed by atoms with Crippen molar-refractivity contribution in [1.29, 1.82) is 0 Å². The van der Waals surface area contributed by atoms with Gasteiger partial charge in [-0.05, 0) is 43.7 Å². The Hall–Kier alpha value is -1.43. The van der Waals surface area contributed by atoms with Crippen LogP contribution in [0.2, 0.25) is 5.02 Å². The molecule has 1 aliphatic rings. The highest BCUT2D eigenvalue weighted by Gasteiger charge is 2.25. The molecule has 2 aromatic rings. The van der Waals surface area contributed by atoms with Crippen LogP contribution in [-0.4, -0.2) is 39.4 Å². The highest BCUT2D eigenvalue weighted by atomic mass is 35.5. The van der Waals surface area contributed by atoms with Crippen LogP contribution in [0.4, 0.5) is 0 Å². The number of nitrogens with zero attached hydrogens (tertiary/aromatic N) is 3. The van der Waals surface area contributed by atoms with Crippen LogP contribution in [0.25, 0.3) is 11.5 Å². The number of aliphatic hydroxyl groups is 1. The first-order valence-electron chi connectivity index (χ1n) is 6.69. The van der Waals surface area contributed by atoms with Crippen LogP contribution in [0.3, 0.4) is 0 Å². The molecule has 1 N–H and O–H groups in total. The van der Waals surface area contributed by atoms with Gasteiger partial charge >= 0.3 is 0 Å². The highest BCUT2D eigenvalue weighted by molar-refractivity contribution is 6.30. The molecule has 1 aromatic heterocycles. The Balaban J connectivity index is 1.72. The topological polar surface area (TPSA) is 62.4 Å². The molecule has 6 heteroatoms. The van der Waals surface area contributed by atoms with Gasteiger partial charge in [0.15, 0.2) is 0 Å². The van der Waals surface area contributed by atoms with E-state index < -0.39 is 0 Å². The van der Waals surface area contributed by atoms with E-state index in [0.29, 0.717) is 23.3 Å². The van der Waals surface area contributed by atoms with Crippen molar-refractivity contribution in [2.45, 2.75) is 25.4 Å². The summed E-state index contributed by atoms with van der Waals surface area (Å²) in [6.45, 7) is 1.73. The number of aromatic nitrogens is 2. The van der Waals surface area contributed by atoms with Gasteiger partial charge in [0.2, 0.25) is 11.8 Å². The molecule has 3 rings (SSSR count). The molecule has 20 heavy (non-hydrogen) atoms. The summed E-state index contributed by atoms with van der Waals surface area (Å²) in [5.74, 6) is 1.08. The van der Waals surface area contributed by atoms with Crippen LogP contribution in [0, 0.1) is 0 Å². The van der Waals surface area contributed by atoms with Crippen molar-refractivity contribution in [3.63, 3.8) is 0 Å². The Labute approximate surface area is 122 Å². The van der Waals surface area contributed by atoms with Crippen molar-refractivity contribution in [2.75, 3.05) is 13.2 Å². The van der Waals surface area contributed by atoms with E-state index >= 15 is 0 Å². The first kappa shape index (κ1) is 13.5. The normalized spacial score (nSPS) is 19.6. The summed E-state index contributed by atoms with van der Waals surface area (Å²) in [4.78, 5) is 2.18. The molecule has 0 saturated carbocycles. The fraction of sp³-hybridized carbons (Fsp3) is 0.429. The Morgan fingerprint density at radius 3 is 2.85 bits per heavy atom. The van der Waals surface area contributed by atoms with E-state index in [-0.39, 0.29) is 12.6 Å². The molecule has 0 unspecified atom stereocenters. The third-order valence-electron chi connectivity index (χ3n) is 3.61. The molecule has 1 aromatic carbocycles. The lowest BCUT2D eigenvalue weighted by molar-refractivity contribution is 0.144. The predicted molar refractivity (Wildman–Crippen MR) is 75.3 cm³/mol. The van der Waals surface area contributed by atoms with Crippen molar-refractivity contribution in [3.8, 4) is 11.5 Å². The summed E-state index contributed by atoms with van der Waals surface area (Å²) in [6.07, 6.45) is 2.12. The van der Waals surface area contributed by atoms with E-state index in [9.17, 15) is 5.11 Å². The summed E-state index contributed by atoms with van der Waals surface area (Å²) in [5, 5.41) is 18.1. The molecule has 1 fully saturated rings. The summed E-state index contributed by atoms with van der Waals surface area (Å²) in [6, 6.07) is 7.50. The van der Waals surface area contributed by atoms with Crippen LogP contribution in [0.15, 0.2) is 28.7 Å². The van der Waals surface area contributed by atoms with E-state index in [1.807, 2.05) is 12.1 Å². The summed E-state index contributed by atoms with van der Waals surface area (Å²) >= 11 is 5.85. The molecular weight excluding hydrogens is 278 g/mol. The van der Waals surface area contributed by atoms with Crippen molar-refractivity contribution in [3.05, 3.63) is 35.2 Å². The molecule has 0 aliphatic carbocycles. The number of likely N-dealkylation sites (tertiary alicyclic amines) is 1. The van der Waals surface area contributed by atoms with Gasteiger partial charge in [0.05, 0.1) is 13.2 Å². The first-order valence-corrected chi connectivity index (χ1v) is 7.07. The minimum atomic E-state index is 0.179. The highest BCUT2D eigenvalue weighted by Crippen LogP contribution is 2.23. The zero-order chi connectivity index (χ0) is 13.9. The average Bonchev–Trinajstić information content (AvgIpc) is 3.09. The molecule has 0 radical (unpaired) electrons. The molecule has 0 bridgehead atoms. The smallest absolute Gasteiger partial charge is 0.247 e. The maximum Gasteiger partial charge on any atom is 0.247 e. The van der Waals surface area contributed by atoms with Gasteiger partial charge in [-0.2, -0.15) is 0 Å². The fourth-order valence-corrected chi connectivity index (χ4v) is 2.64. The zero-order valence-corrected chi connectivity index (χ0v) is 11.8. The van der Waals surface area contributed by atoms with Crippen molar-refractivity contribution in [2.24, 2.45) is 0 Å². The number of benzene rings is 1. The monoisotopic (exact) mass is 293 g/mol. The summed E-state index contributed by atoms with van der Waals surface area (Å²) in [5.41, 5.74) is 0.855. The van der Waals surface area contributed by atoms with Gasteiger partial charge in [-0.3, -0.25) is 4.90 Å². The molecule has 1 saturated heterocycles. The van der Waals surface area contributed by atoms with Crippen LogP contribution < -0.4 is 0 Å². The maximum atomic E-state index is 9.30. The molecule has 1 aliphatic heterocycles. The Morgan fingerprint density at radius 2 is 2.10 bits per heavy atom. The van der Waals surface area contributed by atoms with Gasteiger partial charge < -0.3 is 9.52 Å². The van der Waals surface area contributed by atoms with E-state index in [4.69, 9.17) is 16.0 Å². The van der Waals surface area contributed by atoms with Gasteiger partial charge in [0.25, 0.3) is 0 Å². The third kappa shape index (κ3) is 2.85. The molecule has 106 valence electrons. The van der Waals surface area contributed by atoms with Gasteiger partial charge in [0, 0.05) is 16.6 Å². The van der Waals surface area contributed by atoms with Crippen molar-refractivity contribution < 1.29 is 9.52 Å². The second-order valence-electron chi connectivity index (χ2n) is 4.96. The van der Waals surface area contributed by atoms with E-state index in [2.05, 4.69) is 15.1 Å². The Bertz CT molecular complexity index is 570. The van der Waals surface area contributed by atoms with Crippen molar-refractivity contribution >= 4 is 11.6 Å². The average molecular weight is 294 g/mol. The second kappa shape index (κ2) is 5.91. The van der Waals surface area contributed by atoms with Gasteiger partial charge in [-0.1, -0.05) is 11.6 Å². The van der Waals surface area contributed by atoms with E-state index in [1.165, 1.54) is 0 Å². The van der Waals surface area contributed by atoms with Gasteiger partial charge in [0.1, 0.15) is 0 Å². The van der Waals surface area contributed by atoms with Gasteiger partial charge in [-0.15, -0.1) is 10.2 Å². The van der Waals surface area contributed by atoms with Crippen molar-refractivity contribution in [1.82, 2.24) is 15.1 Å². The van der Waals surface area contributed by atoms with Crippen LogP contribution in [0.5, 0.6) is 0 Å². The number of aliphatic hydroxyl groups excluding tert-OH is 1. The lowest BCUT2D eigenvalue weighted by atomic mass is 10.2. The zero-order valence-electron chi connectivity index (χ0n) is 11.0. The number of halogens is 1. The minimum Gasteiger partial charge on any atom is -0.419 e. The standard InChI is InChI=1S/C14H16ClN3O2/c15-11-5-3-10(4-6-11)14-17-16-13(20-14)8-18-7-1-2-12(18)9-19/h3-6,12,19H,1-2,7-9H2/t12-/m1/s1. The summed E-state index contributed by atoms with van der Waals surface area (Å²) < 4.78 is 5.68. The van der Waals surface area contributed by atoms with E-state index in [1.54, 1.807) is 12.1 Å². The SMILES string of the molecule is OC[C@H]1CCCN1Cc1nnc(-c2ccc(Cl)cc2)o1.